The average molecular weight is 1170 g/mol. The van der Waals surface area contributed by atoms with E-state index in [1.165, 1.54) is 48.6 Å². The van der Waals surface area contributed by atoms with Gasteiger partial charge in [-0.05, 0) is 60.8 Å². The van der Waals surface area contributed by atoms with Gasteiger partial charge in [-0.25, -0.2) is 9.97 Å². The number of H-pyrrole nitrogens is 3. The van der Waals surface area contributed by atoms with Crippen LogP contribution in [0.2, 0.25) is 0 Å². The molecule has 0 spiro atoms. The number of thioether (sulfide) groups is 1. The predicted molar refractivity (Wildman–Crippen MR) is 311 cm³/mol. The lowest BCUT2D eigenvalue weighted by Crippen LogP contribution is -2.60. The van der Waals surface area contributed by atoms with Crippen molar-refractivity contribution in [3.05, 3.63) is 108 Å². The number of imidazole rings is 2. The van der Waals surface area contributed by atoms with Crippen molar-refractivity contribution in [2.24, 2.45) is 23.3 Å². The lowest BCUT2D eigenvalue weighted by Gasteiger charge is -2.32. The fourth-order valence-electron chi connectivity index (χ4n) is 9.20. The van der Waals surface area contributed by atoms with Gasteiger partial charge in [0.25, 0.3) is 0 Å². The fraction of sp³-hybridized carbons (Fsp3) is 0.464. The molecule has 5 rings (SSSR count). The molecule has 5 aromatic rings. The molecule has 0 aliphatic rings. The number of nitrogens with zero attached hydrogens (tertiary/aromatic N) is 3. The van der Waals surface area contributed by atoms with Gasteiger partial charge in [0.15, 0.2) is 0 Å². The summed E-state index contributed by atoms with van der Waals surface area (Å²) in [5, 5.41) is 22.4. The molecule has 0 unspecified atom stereocenters. The number of carbonyl (C=O) groups excluding carboxylic acids is 10. The van der Waals surface area contributed by atoms with Crippen LogP contribution >= 0.6 is 11.8 Å². The number of fused-ring (bicyclic) bond motifs is 1. The largest absolute Gasteiger partial charge is 0.368 e. The highest BCUT2D eigenvalue weighted by atomic mass is 32.2. The minimum absolute atomic E-state index is 0.0333. The number of primary amides is 1. The number of aromatic nitrogens is 5. The van der Waals surface area contributed by atoms with Gasteiger partial charge >= 0.3 is 0 Å². The molecule has 8 atom stereocenters. The molecular weight excluding hydrogens is 1090 g/mol. The van der Waals surface area contributed by atoms with Gasteiger partial charge < -0.3 is 73.9 Å². The van der Waals surface area contributed by atoms with E-state index in [0.29, 0.717) is 42.0 Å². The van der Waals surface area contributed by atoms with E-state index in [9.17, 15) is 47.9 Å². The Hall–Kier alpha value is -8.59. The first kappa shape index (κ1) is 65.2. The summed E-state index contributed by atoms with van der Waals surface area (Å²) in [6.45, 7) is 7.52. The number of amides is 10. The highest BCUT2D eigenvalue weighted by Crippen LogP contribution is 2.20. The molecule has 10 amide bonds. The van der Waals surface area contributed by atoms with Crippen molar-refractivity contribution in [1.29, 1.82) is 0 Å². The standard InChI is InChI=1S/C56H78N16O10S/c1-32(2)18-39(28-72(31-73)46(50(58)76)16-17-83-6)66-53(79)44(21-37-25-59-29-63-37)68-48(75)27-62-56(82)49(33(3)4)71-51(77)34(5)65-52(78)43(20-36-24-61-41-15-11-10-14-40(36)41)69-55(81)45(22-38-26-60-30-64-38)70-54(80)42(67-47(74)23-57)19-35-12-8-7-9-13-35/h7-15,24-26,29-34,39,42-46,49,61H,16-23,27-28,57H2,1-6H3,(H2,58,76)(H,59,63)(H,60,64)(H,62,82)(H,65,78)(H,66,79)(H,67,74)(H,68,75)(H,69,81)(H,70,80)(H,71,77)/t34-,39-,42+,43-,44-,45-,46-,49-/m0/s1. The molecule has 0 aliphatic heterocycles. The maximum atomic E-state index is 14.5. The molecule has 0 saturated carbocycles. The van der Waals surface area contributed by atoms with Gasteiger partial charge in [0.2, 0.25) is 59.6 Å². The van der Waals surface area contributed by atoms with Crippen LogP contribution in [0.1, 0.15) is 70.0 Å². The third kappa shape index (κ3) is 20.7. The summed E-state index contributed by atoms with van der Waals surface area (Å²) >= 11 is 1.49. The molecule has 3 aromatic heterocycles. The Bertz CT molecular complexity index is 2940. The van der Waals surface area contributed by atoms with Gasteiger partial charge in [-0.3, -0.25) is 47.9 Å². The van der Waals surface area contributed by atoms with E-state index < -0.39 is 121 Å². The zero-order chi connectivity index (χ0) is 60.6. The number of aromatic amines is 3. The van der Waals surface area contributed by atoms with Crippen molar-refractivity contribution in [3.8, 4) is 0 Å². The number of rotatable bonds is 35. The summed E-state index contributed by atoms with van der Waals surface area (Å²) in [6, 6.07) is 7.13. The number of hydrogen-bond donors (Lipinski definition) is 13. The highest BCUT2D eigenvalue weighted by molar-refractivity contribution is 7.98. The van der Waals surface area contributed by atoms with Crippen molar-refractivity contribution >= 4 is 82.2 Å². The number of hydrogen-bond acceptors (Lipinski definition) is 14. The van der Waals surface area contributed by atoms with Crippen LogP contribution in [0.15, 0.2) is 85.8 Å². The molecule has 2 aromatic carbocycles. The Labute approximate surface area is 485 Å². The molecule has 0 bridgehead atoms. The Morgan fingerprint density at radius 3 is 1.78 bits per heavy atom. The number of nitrogens with two attached hydrogens (primary N) is 2. The van der Waals surface area contributed by atoms with Crippen LogP contribution in [0, 0.1) is 11.8 Å². The average Bonchev–Trinajstić information content (AvgIpc) is 4.27. The lowest BCUT2D eigenvalue weighted by atomic mass is 10.0. The third-order valence-corrected chi connectivity index (χ3v) is 14.2. The van der Waals surface area contributed by atoms with Crippen molar-refractivity contribution in [2.75, 3.05) is 31.6 Å². The first-order valence-corrected chi connectivity index (χ1v) is 28.7. The minimum atomic E-state index is -1.35. The molecule has 3 heterocycles. The minimum Gasteiger partial charge on any atom is -0.368 e. The second-order valence-electron chi connectivity index (χ2n) is 20.9. The normalized spacial score (nSPS) is 14.1. The van der Waals surface area contributed by atoms with Crippen LogP contribution in [0.4, 0.5) is 0 Å². The van der Waals surface area contributed by atoms with E-state index in [4.69, 9.17) is 11.5 Å². The highest BCUT2D eigenvalue weighted by Gasteiger charge is 2.34. The second-order valence-corrected chi connectivity index (χ2v) is 21.9. The maximum Gasteiger partial charge on any atom is 0.243 e. The van der Waals surface area contributed by atoms with E-state index >= 15 is 0 Å². The van der Waals surface area contributed by atoms with E-state index in [2.05, 4.69) is 67.5 Å². The fourth-order valence-corrected chi connectivity index (χ4v) is 9.66. The van der Waals surface area contributed by atoms with Gasteiger partial charge in [-0.15, -0.1) is 0 Å². The summed E-state index contributed by atoms with van der Waals surface area (Å²) in [6.07, 6.45) is 10.4. The smallest absolute Gasteiger partial charge is 0.243 e. The number of benzene rings is 2. The van der Waals surface area contributed by atoms with Crippen molar-refractivity contribution in [2.45, 2.75) is 121 Å². The Morgan fingerprint density at radius 2 is 1.22 bits per heavy atom. The molecule has 27 heteroatoms. The van der Waals surface area contributed by atoms with Crippen LogP contribution in [-0.4, -0.2) is 169 Å². The zero-order valence-electron chi connectivity index (χ0n) is 47.5. The molecule has 15 N–H and O–H groups in total. The van der Waals surface area contributed by atoms with E-state index in [1.807, 2.05) is 44.4 Å². The van der Waals surface area contributed by atoms with Crippen LogP contribution < -0.4 is 54.0 Å². The second kappa shape index (κ2) is 32.8. The summed E-state index contributed by atoms with van der Waals surface area (Å²) in [4.78, 5) is 154. The molecule has 448 valence electrons. The molecule has 0 saturated heterocycles. The SMILES string of the molecule is CSCC[C@@H](C(N)=O)N(C=O)C[C@H](CC(C)C)NC(=O)[C@H](Cc1cnc[nH]1)NC(=O)CNC(=O)[C@@H](NC(=O)[C@H](C)NC(=O)[C@H](Cc1c[nH]c2ccccc12)NC(=O)[C@H](Cc1cnc[nH]1)NC(=O)[C@@H](Cc1ccccc1)NC(=O)CN)C(C)C. The maximum absolute atomic E-state index is 14.5. The number of carbonyl (C=O) groups is 10. The van der Waals surface area contributed by atoms with Crippen molar-refractivity contribution < 1.29 is 47.9 Å². The van der Waals surface area contributed by atoms with Crippen LogP contribution in [0.3, 0.4) is 0 Å². The van der Waals surface area contributed by atoms with Crippen molar-refractivity contribution in [3.63, 3.8) is 0 Å². The monoisotopic (exact) mass is 1170 g/mol. The Balaban J connectivity index is 1.28. The van der Waals surface area contributed by atoms with E-state index in [1.54, 1.807) is 50.4 Å². The van der Waals surface area contributed by atoms with Gasteiger partial charge in [-0.1, -0.05) is 76.2 Å². The van der Waals surface area contributed by atoms with Gasteiger partial charge in [0.1, 0.15) is 42.3 Å². The summed E-state index contributed by atoms with van der Waals surface area (Å²) in [7, 11) is 0. The first-order chi connectivity index (χ1) is 39.7. The summed E-state index contributed by atoms with van der Waals surface area (Å²) in [5.41, 5.74) is 14.4. The quantitative estimate of drug-likeness (QED) is 0.0220. The van der Waals surface area contributed by atoms with Gasteiger partial charge in [-0.2, -0.15) is 11.8 Å². The molecule has 0 radical (unpaired) electrons. The van der Waals surface area contributed by atoms with Crippen LogP contribution in [0.5, 0.6) is 0 Å². The van der Waals surface area contributed by atoms with Gasteiger partial charge in [0.05, 0.1) is 25.7 Å². The summed E-state index contributed by atoms with van der Waals surface area (Å²) in [5.74, 6) is -6.40. The topological polar surface area (TPSA) is 395 Å². The Morgan fingerprint density at radius 1 is 0.651 bits per heavy atom. The molecule has 26 nitrogen and oxygen atoms in total. The predicted octanol–water partition coefficient (Wildman–Crippen LogP) is -0.859. The number of nitrogens with one attached hydrogen (secondary N) is 11. The van der Waals surface area contributed by atoms with Gasteiger partial charge in [0, 0.05) is 79.2 Å². The summed E-state index contributed by atoms with van der Waals surface area (Å²) < 4.78 is 0. The first-order valence-electron chi connectivity index (χ1n) is 27.3. The lowest BCUT2D eigenvalue weighted by molar-refractivity contribution is -0.135. The molecular formula is C56H78N16O10S. The zero-order valence-corrected chi connectivity index (χ0v) is 48.3. The number of para-hydroxylation sites is 1. The van der Waals surface area contributed by atoms with Crippen LogP contribution in [-0.2, 0) is 73.6 Å². The van der Waals surface area contributed by atoms with E-state index in [0.717, 1.165) is 16.5 Å². The van der Waals surface area contributed by atoms with Crippen molar-refractivity contribution in [1.82, 2.24) is 72.4 Å². The molecule has 0 fully saturated rings. The molecule has 0 aliphatic carbocycles. The third-order valence-electron chi connectivity index (χ3n) is 13.5. The van der Waals surface area contributed by atoms with Crippen LogP contribution in [0.25, 0.3) is 10.9 Å². The Kier molecular flexibility index (Phi) is 25.7. The molecule has 83 heavy (non-hydrogen) atoms. The van der Waals surface area contributed by atoms with E-state index in [-0.39, 0.29) is 38.1 Å².